The van der Waals surface area contributed by atoms with Crippen molar-refractivity contribution < 1.29 is 18.5 Å². The second-order valence-electron chi connectivity index (χ2n) is 5.48. The maximum atomic E-state index is 12.6. The van der Waals surface area contributed by atoms with Gasteiger partial charge < -0.3 is 15.4 Å². The lowest BCUT2D eigenvalue weighted by atomic mass is 10.2. The van der Waals surface area contributed by atoms with E-state index in [1.807, 2.05) is 6.92 Å². The molecular formula is C18H18N2O4S. The van der Waals surface area contributed by atoms with Gasteiger partial charge in [-0.1, -0.05) is 12.1 Å². The van der Waals surface area contributed by atoms with Crippen molar-refractivity contribution >= 4 is 34.0 Å². The second-order valence-corrected chi connectivity index (χ2v) is 7.08. The quantitative estimate of drug-likeness (QED) is 0.860. The molecule has 2 atom stereocenters. The van der Waals surface area contributed by atoms with E-state index in [9.17, 15) is 13.8 Å². The number of nitrogens with one attached hydrogen (secondary N) is 2. The van der Waals surface area contributed by atoms with Crippen LogP contribution in [0.5, 0.6) is 5.75 Å². The third-order valence-corrected chi connectivity index (χ3v) is 5.42. The van der Waals surface area contributed by atoms with E-state index >= 15 is 0 Å². The van der Waals surface area contributed by atoms with Crippen LogP contribution in [0.4, 0.5) is 11.4 Å². The fraction of sp³-hybridized carbons (Fsp3) is 0.222. The number of para-hydroxylation sites is 1. The van der Waals surface area contributed by atoms with Crippen LogP contribution in [0.1, 0.15) is 13.3 Å². The number of hydrogen-bond acceptors (Lipinski definition) is 4. The number of fused-ring (bicyclic) bond motifs is 1. The van der Waals surface area contributed by atoms with Crippen molar-refractivity contribution in [1.29, 1.82) is 0 Å². The Morgan fingerprint density at radius 3 is 2.64 bits per heavy atom. The first-order chi connectivity index (χ1) is 12.1. The minimum atomic E-state index is -1.56. The first kappa shape index (κ1) is 17.2. The van der Waals surface area contributed by atoms with Gasteiger partial charge in [0, 0.05) is 5.69 Å². The zero-order chi connectivity index (χ0) is 17.8. The largest absolute Gasteiger partial charge is 0.494 e. The van der Waals surface area contributed by atoms with Crippen molar-refractivity contribution in [2.75, 3.05) is 17.2 Å². The SMILES string of the molecule is CCOc1ccc(NC(=O)C[C@H]2C(=O)Nc3ccccc3[S@@]2=O)cc1. The molecule has 0 fully saturated rings. The predicted molar refractivity (Wildman–Crippen MR) is 96.1 cm³/mol. The zero-order valence-electron chi connectivity index (χ0n) is 13.7. The molecule has 2 aromatic carbocycles. The molecular weight excluding hydrogens is 340 g/mol. The molecule has 3 rings (SSSR count). The smallest absolute Gasteiger partial charge is 0.241 e. The number of amides is 2. The van der Waals surface area contributed by atoms with Gasteiger partial charge in [-0.2, -0.15) is 0 Å². The van der Waals surface area contributed by atoms with Gasteiger partial charge in [0.05, 0.1) is 34.4 Å². The normalized spacial score (nSPS) is 18.8. The number of rotatable bonds is 5. The average molecular weight is 358 g/mol. The number of benzene rings is 2. The first-order valence-electron chi connectivity index (χ1n) is 7.91. The maximum Gasteiger partial charge on any atom is 0.241 e. The minimum absolute atomic E-state index is 0.153. The molecule has 1 aliphatic rings. The summed E-state index contributed by atoms with van der Waals surface area (Å²) in [5.41, 5.74) is 1.13. The summed E-state index contributed by atoms with van der Waals surface area (Å²) in [4.78, 5) is 25.0. The van der Waals surface area contributed by atoms with Crippen LogP contribution < -0.4 is 15.4 Å². The summed E-state index contributed by atoms with van der Waals surface area (Å²) in [6.45, 7) is 2.46. The summed E-state index contributed by atoms with van der Waals surface area (Å²) in [7, 11) is -1.56. The van der Waals surface area contributed by atoms with Crippen molar-refractivity contribution in [3.8, 4) is 5.75 Å². The molecule has 7 heteroatoms. The molecule has 25 heavy (non-hydrogen) atoms. The highest BCUT2D eigenvalue weighted by Gasteiger charge is 2.34. The van der Waals surface area contributed by atoms with E-state index in [1.165, 1.54) is 0 Å². The van der Waals surface area contributed by atoms with Crippen LogP contribution in [0.25, 0.3) is 0 Å². The fourth-order valence-corrected chi connectivity index (χ4v) is 3.97. The van der Waals surface area contributed by atoms with E-state index in [0.29, 0.717) is 28.6 Å². The van der Waals surface area contributed by atoms with E-state index < -0.39 is 22.0 Å². The lowest BCUT2D eigenvalue weighted by Crippen LogP contribution is -2.39. The highest BCUT2D eigenvalue weighted by molar-refractivity contribution is 7.86. The highest BCUT2D eigenvalue weighted by Crippen LogP contribution is 2.28. The van der Waals surface area contributed by atoms with Crippen molar-refractivity contribution in [1.82, 2.24) is 0 Å². The Morgan fingerprint density at radius 2 is 1.92 bits per heavy atom. The van der Waals surface area contributed by atoms with Crippen LogP contribution >= 0.6 is 0 Å². The summed E-state index contributed by atoms with van der Waals surface area (Å²) in [5, 5.41) is 4.51. The topological polar surface area (TPSA) is 84.5 Å². The van der Waals surface area contributed by atoms with Gasteiger partial charge in [0.15, 0.2) is 0 Å². The Hall–Kier alpha value is -2.67. The predicted octanol–water partition coefficient (Wildman–Crippen LogP) is 2.54. The molecule has 1 aliphatic heterocycles. The number of hydrogen-bond donors (Lipinski definition) is 2. The summed E-state index contributed by atoms with van der Waals surface area (Å²) < 4.78 is 17.9. The third kappa shape index (κ3) is 3.88. The summed E-state index contributed by atoms with van der Waals surface area (Å²) in [6, 6.07) is 13.8. The van der Waals surface area contributed by atoms with Crippen molar-refractivity contribution in [2.45, 2.75) is 23.5 Å². The van der Waals surface area contributed by atoms with Crippen LogP contribution in [0.2, 0.25) is 0 Å². The van der Waals surface area contributed by atoms with Gasteiger partial charge in [-0.15, -0.1) is 0 Å². The van der Waals surface area contributed by atoms with E-state index in [-0.39, 0.29) is 12.3 Å². The molecule has 0 aromatic heterocycles. The average Bonchev–Trinajstić information content (AvgIpc) is 2.60. The number of carbonyl (C=O) groups excluding carboxylic acids is 2. The Labute approximate surface area is 148 Å². The fourth-order valence-electron chi connectivity index (χ4n) is 2.56. The van der Waals surface area contributed by atoms with Crippen molar-refractivity contribution in [2.24, 2.45) is 0 Å². The Balaban J connectivity index is 1.66. The Bertz CT molecular complexity index is 820. The molecule has 0 aliphatic carbocycles. The van der Waals surface area contributed by atoms with E-state index in [2.05, 4.69) is 10.6 Å². The van der Waals surface area contributed by atoms with Gasteiger partial charge in [0.25, 0.3) is 0 Å². The Kier molecular flexibility index (Phi) is 5.14. The van der Waals surface area contributed by atoms with Crippen LogP contribution in [-0.2, 0) is 20.4 Å². The van der Waals surface area contributed by atoms with Crippen molar-refractivity contribution in [3.05, 3.63) is 48.5 Å². The number of ether oxygens (including phenoxy) is 1. The Morgan fingerprint density at radius 1 is 1.20 bits per heavy atom. The van der Waals surface area contributed by atoms with Crippen LogP contribution in [0, 0.1) is 0 Å². The van der Waals surface area contributed by atoms with Gasteiger partial charge >= 0.3 is 0 Å². The number of anilines is 2. The maximum absolute atomic E-state index is 12.6. The van der Waals surface area contributed by atoms with E-state index in [4.69, 9.17) is 4.74 Å². The highest BCUT2D eigenvalue weighted by atomic mass is 32.2. The molecule has 130 valence electrons. The van der Waals surface area contributed by atoms with Gasteiger partial charge in [-0.25, -0.2) is 0 Å². The van der Waals surface area contributed by atoms with Gasteiger partial charge in [0.1, 0.15) is 11.0 Å². The van der Waals surface area contributed by atoms with Gasteiger partial charge in [-0.3, -0.25) is 13.8 Å². The monoisotopic (exact) mass is 358 g/mol. The molecule has 0 radical (unpaired) electrons. The lowest BCUT2D eigenvalue weighted by Gasteiger charge is -2.23. The van der Waals surface area contributed by atoms with Crippen LogP contribution in [-0.4, -0.2) is 27.9 Å². The molecule has 1 heterocycles. The van der Waals surface area contributed by atoms with Crippen LogP contribution in [0.3, 0.4) is 0 Å². The van der Waals surface area contributed by atoms with Crippen molar-refractivity contribution in [3.63, 3.8) is 0 Å². The molecule has 2 amide bonds. The molecule has 2 aromatic rings. The molecule has 0 spiro atoms. The molecule has 2 N–H and O–H groups in total. The van der Waals surface area contributed by atoms with Crippen LogP contribution in [0.15, 0.2) is 53.4 Å². The summed E-state index contributed by atoms with van der Waals surface area (Å²) >= 11 is 0. The third-order valence-electron chi connectivity index (χ3n) is 3.73. The zero-order valence-corrected chi connectivity index (χ0v) is 14.5. The molecule has 0 saturated carbocycles. The molecule has 0 unspecified atom stereocenters. The number of carbonyl (C=O) groups is 2. The summed E-state index contributed by atoms with van der Waals surface area (Å²) in [5.74, 6) is -0.0548. The molecule has 0 saturated heterocycles. The summed E-state index contributed by atoms with van der Waals surface area (Å²) in [6.07, 6.45) is -0.153. The standard InChI is InChI=1S/C18H18N2O4S/c1-2-24-13-9-7-12(8-10-13)19-17(21)11-16-18(22)20-14-5-3-4-6-15(14)25(16)23/h3-10,16H,2,11H2,1H3,(H,19,21)(H,20,22)/t16-,25-/m0/s1. The van der Waals surface area contributed by atoms with E-state index in [1.54, 1.807) is 48.5 Å². The molecule has 0 bridgehead atoms. The lowest BCUT2D eigenvalue weighted by molar-refractivity contribution is -0.120. The minimum Gasteiger partial charge on any atom is -0.494 e. The first-order valence-corrected chi connectivity index (χ1v) is 9.13. The second kappa shape index (κ2) is 7.48. The van der Waals surface area contributed by atoms with Gasteiger partial charge in [-0.05, 0) is 43.3 Å². The van der Waals surface area contributed by atoms with Gasteiger partial charge in [0.2, 0.25) is 11.8 Å². The van der Waals surface area contributed by atoms with E-state index in [0.717, 1.165) is 0 Å². The molecule has 6 nitrogen and oxygen atoms in total.